The molecule has 5 nitrogen and oxygen atoms in total. The summed E-state index contributed by atoms with van der Waals surface area (Å²) in [5.74, 6) is 0.784. The average Bonchev–Trinajstić information content (AvgIpc) is 2.97. The molecule has 1 aromatic heterocycles. The van der Waals surface area contributed by atoms with E-state index in [0.29, 0.717) is 5.89 Å². The standard InChI is InChI=1S/C11H11N3O2/c12-10-14-13-9(16-10)11(4-5-11)7-2-1-3-8(15)6-7/h1-3,6,15H,4-5H2,(H2,12,14). The number of nitrogens with two attached hydrogens (primary N) is 1. The van der Waals surface area contributed by atoms with E-state index in [1.807, 2.05) is 12.1 Å². The Kier molecular flexibility index (Phi) is 1.71. The summed E-state index contributed by atoms with van der Waals surface area (Å²) in [5.41, 5.74) is 6.19. The monoisotopic (exact) mass is 217 g/mol. The van der Waals surface area contributed by atoms with Crippen molar-refractivity contribution in [2.45, 2.75) is 18.3 Å². The predicted molar refractivity (Wildman–Crippen MR) is 56.8 cm³/mol. The number of aromatic hydroxyl groups is 1. The maximum atomic E-state index is 9.46. The maximum Gasteiger partial charge on any atom is 0.312 e. The zero-order valence-corrected chi connectivity index (χ0v) is 8.55. The second-order valence-electron chi connectivity index (χ2n) is 4.08. The minimum Gasteiger partial charge on any atom is -0.508 e. The summed E-state index contributed by atoms with van der Waals surface area (Å²) in [6, 6.07) is 7.22. The molecule has 1 aliphatic carbocycles. The van der Waals surface area contributed by atoms with Crippen molar-refractivity contribution in [3.63, 3.8) is 0 Å². The van der Waals surface area contributed by atoms with Gasteiger partial charge in [0.05, 0.1) is 5.41 Å². The van der Waals surface area contributed by atoms with Crippen molar-refractivity contribution in [3.05, 3.63) is 35.7 Å². The van der Waals surface area contributed by atoms with E-state index < -0.39 is 0 Å². The van der Waals surface area contributed by atoms with Crippen LogP contribution in [0.25, 0.3) is 0 Å². The number of rotatable bonds is 2. The van der Waals surface area contributed by atoms with E-state index in [1.165, 1.54) is 0 Å². The van der Waals surface area contributed by atoms with Crippen molar-refractivity contribution in [2.75, 3.05) is 5.73 Å². The molecule has 3 rings (SSSR count). The molecule has 2 aromatic rings. The second-order valence-corrected chi connectivity index (χ2v) is 4.08. The third-order valence-electron chi connectivity index (χ3n) is 3.00. The van der Waals surface area contributed by atoms with E-state index in [0.717, 1.165) is 18.4 Å². The number of phenolic OH excluding ortho intramolecular Hbond substituents is 1. The molecule has 16 heavy (non-hydrogen) atoms. The first-order valence-corrected chi connectivity index (χ1v) is 5.10. The van der Waals surface area contributed by atoms with Crippen LogP contribution in [-0.4, -0.2) is 15.3 Å². The fourth-order valence-corrected chi connectivity index (χ4v) is 1.98. The Morgan fingerprint density at radius 2 is 2.12 bits per heavy atom. The molecule has 1 fully saturated rings. The number of nitrogen functional groups attached to an aromatic ring is 1. The molecule has 0 saturated heterocycles. The minimum atomic E-state index is -0.233. The van der Waals surface area contributed by atoms with Crippen LogP contribution in [0.3, 0.4) is 0 Å². The molecule has 0 bridgehead atoms. The Bertz CT molecular complexity index is 532. The van der Waals surface area contributed by atoms with Crippen LogP contribution >= 0.6 is 0 Å². The van der Waals surface area contributed by atoms with Gasteiger partial charge in [0.1, 0.15) is 5.75 Å². The van der Waals surface area contributed by atoms with Gasteiger partial charge in [0, 0.05) is 0 Å². The van der Waals surface area contributed by atoms with Crippen molar-refractivity contribution in [3.8, 4) is 5.75 Å². The predicted octanol–water partition coefficient (Wildman–Crippen LogP) is 1.44. The second kappa shape index (κ2) is 2.98. The number of anilines is 1. The van der Waals surface area contributed by atoms with E-state index in [1.54, 1.807) is 12.1 Å². The molecule has 0 amide bonds. The molecule has 0 atom stereocenters. The molecule has 1 aromatic carbocycles. The summed E-state index contributed by atoms with van der Waals surface area (Å²) in [6.45, 7) is 0. The van der Waals surface area contributed by atoms with E-state index in [2.05, 4.69) is 10.2 Å². The highest BCUT2D eigenvalue weighted by Gasteiger charge is 2.50. The van der Waals surface area contributed by atoms with E-state index >= 15 is 0 Å². The van der Waals surface area contributed by atoms with Gasteiger partial charge in [-0.1, -0.05) is 17.2 Å². The van der Waals surface area contributed by atoms with E-state index in [9.17, 15) is 5.11 Å². The van der Waals surface area contributed by atoms with Crippen molar-refractivity contribution in [1.29, 1.82) is 0 Å². The van der Waals surface area contributed by atoms with Gasteiger partial charge in [0.25, 0.3) is 0 Å². The molecule has 3 N–H and O–H groups in total. The van der Waals surface area contributed by atoms with Crippen LogP contribution in [0.4, 0.5) is 6.01 Å². The van der Waals surface area contributed by atoms with Gasteiger partial charge in [-0.25, -0.2) is 0 Å². The molecule has 5 heteroatoms. The molecular weight excluding hydrogens is 206 g/mol. The summed E-state index contributed by atoms with van der Waals surface area (Å²) in [7, 11) is 0. The van der Waals surface area contributed by atoms with Gasteiger partial charge in [0.15, 0.2) is 0 Å². The van der Waals surface area contributed by atoms with Gasteiger partial charge in [-0.3, -0.25) is 0 Å². The molecule has 0 aliphatic heterocycles. The van der Waals surface area contributed by atoms with Crippen LogP contribution in [0.5, 0.6) is 5.75 Å². The lowest BCUT2D eigenvalue weighted by Gasteiger charge is -2.10. The van der Waals surface area contributed by atoms with Gasteiger partial charge in [0.2, 0.25) is 5.89 Å². The minimum absolute atomic E-state index is 0.0847. The van der Waals surface area contributed by atoms with Crippen molar-refractivity contribution in [1.82, 2.24) is 10.2 Å². The van der Waals surface area contributed by atoms with Crippen molar-refractivity contribution >= 4 is 6.01 Å². The lowest BCUT2D eigenvalue weighted by molar-refractivity contribution is 0.464. The zero-order valence-electron chi connectivity index (χ0n) is 8.55. The molecule has 0 spiro atoms. The number of nitrogens with zero attached hydrogens (tertiary/aromatic N) is 2. The molecular formula is C11H11N3O2. The lowest BCUT2D eigenvalue weighted by atomic mass is 9.96. The van der Waals surface area contributed by atoms with Crippen LogP contribution in [-0.2, 0) is 5.41 Å². The fraction of sp³-hybridized carbons (Fsp3) is 0.273. The highest BCUT2D eigenvalue weighted by Crippen LogP contribution is 2.53. The Balaban J connectivity index is 2.06. The van der Waals surface area contributed by atoms with Crippen LogP contribution < -0.4 is 5.73 Å². The normalized spacial score (nSPS) is 17.2. The summed E-state index contributed by atoms with van der Waals surface area (Å²) >= 11 is 0. The number of aromatic nitrogens is 2. The van der Waals surface area contributed by atoms with E-state index in [-0.39, 0.29) is 17.2 Å². The largest absolute Gasteiger partial charge is 0.508 e. The first kappa shape index (κ1) is 9.21. The SMILES string of the molecule is Nc1nnc(C2(c3cccc(O)c3)CC2)o1. The van der Waals surface area contributed by atoms with Crippen molar-refractivity contribution < 1.29 is 9.52 Å². The molecule has 0 radical (unpaired) electrons. The lowest BCUT2D eigenvalue weighted by Crippen LogP contribution is -2.08. The quantitative estimate of drug-likeness (QED) is 0.794. The van der Waals surface area contributed by atoms with Crippen LogP contribution in [0.2, 0.25) is 0 Å². The van der Waals surface area contributed by atoms with Gasteiger partial charge in [-0.15, -0.1) is 5.10 Å². The molecule has 1 heterocycles. The average molecular weight is 217 g/mol. The number of hydrogen-bond acceptors (Lipinski definition) is 5. The smallest absolute Gasteiger partial charge is 0.312 e. The van der Waals surface area contributed by atoms with Gasteiger partial charge in [-0.2, -0.15) is 0 Å². The molecule has 82 valence electrons. The van der Waals surface area contributed by atoms with Crippen LogP contribution in [0, 0.1) is 0 Å². The summed E-state index contributed by atoms with van der Waals surface area (Å²) in [4.78, 5) is 0. The molecule has 1 saturated carbocycles. The first-order chi connectivity index (χ1) is 7.71. The maximum absolute atomic E-state index is 9.46. The summed E-state index contributed by atoms with van der Waals surface area (Å²) in [5, 5.41) is 17.1. The Labute approximate surface area is 91.9 Å². The molecule has 1 aliphatic rings. The third-order valence-corrected chi connectivity index (χ3v) is 3.00. The third kappa shape index (κ3) is 1.25. The number of benzene rings is 1. The number of phenols is 1. The van der Waals surface area contributed by atoms with Crippen LogP contribution in [0.1, 0.15) is 24.3 Å². The topological polar surface area (TPSA) is 85.2 Å². The Hall–Kier alpha value is -2.04. The number of hydrogen-bond donors (Lipinski definition) is 2. The van der Waals surface area contributed by atoms with Gasteiger partial charge in [-0.05, 0) is 30.5 Å². The fourth-order valence-electron chi connectivity index (χ4n) is 1.98. The Morgan fingerprint density at radius 3 is 2.69 bits per heavy atom. The summed E-state index contributed by atoms with van der Waals surface area (Å²) in [6.07, 6.45) is 1.89. The highest BCUT2D eigenvalue weighted by atomic mass is 16.4. The van der Waals surface area contributed by atoms with Crippen molar-refractivity contribution in [2.24, 2.45) is 0 Å². The van der Waals surface area contributed by atoms with Gasteiger partial charge < -0.3 is 15.3 Å². The first-order valence-electron chi connectivity index (χ1n) is 5.10. The van der Waals surface area contributed by atoms with Crippen LogP contribution in [0.15, 0.2) is 28.7 Å². The zero-order chi connectivity index (χ0) is 11.2. The highest BCUT2D eigenvalue weighted by molar-refractivity contribution is 5.42. The summed E-state index contributed by atoms with van der Waals surface area (Å²) < 4.78 is 5.28. The molecule has 0 unspecified atom stereocenters. The van der Waals surface area contributed by atoms with E-state index in [4.69, 9.17) is 10.2 Å². The Morgan fingerprint density at radius 1 is 1.31 bits per heavy atom. The van der Waals surface area contributed by atoms with Gasteiger partial charge >= 0.3 is 6.01 Å².